The predicted octanol–water partition coefficient (Wildman–Crippen LogP) is 2.89. The molecule has 0 bridgehead atoms. The smallest absolute Gasteiger partial charge is 0.191 e. The fraction of sp³-hybridized carbons (Fsp3) is 0.643. The highest BCUT2D eigenvalue weighted by atomic mass is 32.1. The first-order valence-electron chi connectivity index (χ1n) is 6.42. The number of rotatable bonds is 4. The Labute approximate surface area is 115 Å². The van der Waals surface area contributed by atoms with E-state index in [1.54, 1.807) is 0 Å². The molecule has 0 fully saturated rings. The molecule has 0 aliphatic rings. The van der Waals surface area contributed by atoms with Crippen LogP contribution in [0.5, 0.6) is 0 Å². The summed E-state index contributed by atoms with van der Waals surface area (Å²) >= 11 is 1.83. The minimum Gasteiger partial charge on any atom is -0.356 e. The lowest BCUT2D eigenvalue weighted by Gasteiger charge is -2.24. The van der Waals surface area contributed by atoms with Gasteiger partial charge in [-0.15, -0.1) is 11.3 Å². The van der Waals surface area contributed by atoms with Crippen LogP contribution in [-0.4, -0.2) is 25.1 Å². The van der Waals surface area contributed by atoms with Crippen LogP contribution in [0.4, 0.5) is 0 Å². The van der Waals surface area contributed by atoms with E-state index in [1.807, 2.05) is 18.4 Å². The van der Waals surface area contributed by atoms with Crippen molar-refractivity contribution in [1.29, 1.82) is 0 Å². The van der Waals surface area contributed by atoms with Gasteiger partial charge in [-0.25, -0.2) is 0 Å². The summed E-state index contributed by atoms with van der Waals surface area (Å²) in [6.45, 7) is 9.60. The second-order valence-electron chi connectivity index (χ2n) is 5.72. The van der Waals surface area contributed by atoms with Crippen molar-refractivity contribution >= 4 is 17.3 Å². The standard InChI is InChI=1S/C14H25N3S/c1-11(9-12-7-6-8-18-12)10-16-13(15-5)17-14(2,3)4/h6-8,11H,9-10H2,1-5H3,(H2,15,16,17). The van der Waals surface area contributed by atoms with Crippen molar-refractivity contribution < 1.29 is 0 Å². The second kappa shape index (κ2) is 6.78. The van der Waals surface area contributed by atoms with Crippen LogP contribution in [0.1, 0.15) is 32.6 Å². The summed E-state index contributed by atoms with van der Waals surface area (Å²) in [7, 11) is 1.81. The van der Waals surface area contributed by atoms with E-state index in [-0.39, 0.29) is 5.54 Å². The molecule has 1 aromatic rings. The van der Waals surface area contributed by atoms with Gasteiger partial charge < -0.3 is 10.6 Å². The number of nitrogens with zero attached hydrogens (tertiary/aromatic N) is 1. The van der Waals surface area contributed by atoms with Crippen molar-refractivity contribution in [2.75, 3.05) is 13.6 Å². The first kappa shape index (κ1) is 15.0. The molecule has 3 nitrogen and oxygen atoms in total. The molecule has 4 heteroatoms. The Morgan fingerprint density at radius 1 is 1.44 bits per heavy atom. The fourth-order valence-corrected chi connectivity index (χ4v) is 2.52. The van der Waals surface area contributed by atoms with E-state index in [0.717, 1.165) is 18.9 Å². The van der Waals surface area contributed by atoms with Gasteiger partial charge in [0.05, 0.1) is 0 Å². The van der Waals surface area contributed by atoms with Gasteiger partial charge in [-0.1, -0.05) is 13.0 Å². The normalized spacial score (nSPS) is 14.4. The van der Waals surface area contributed by atoms with Crippen LogP contribution >= 0.6 is 11.3 Å². The highest BCUT2D eigenvalue weighted by molar-refractivity contribution is 7.09. The largest absolute Gasteiger partial charge is 0.356 e. The van der Waals surface area contributed by atoms with Gasteiger partial charge in [0.25, 0.3) is 0 Å². The Kier molecular flexibility index (Phi) is 5.66. The summed E-state index contributed by atoms with van der Waals surface area (Å²) in [5, 5.41) is 8.88. The molecule has 2 N–H and O–H groups in total. The molecule has 1 unspecified atom stereocenters. The Morgan fingerprint density at radius 3 is 2.67 bits per heavy atom. The lowest BCUT2D eigenvalue weighted by molar-refractivity contribution is 0.491. The van der Waals surface area contributed by atoms with Crippen LogP contribution in [0.25, 0.3) is 0 Å². The monoisotopic (exact) mass is 267 g/mol. The molecule has 0 saturated carbocycles. The summed E-state index contributed by atoms with van der Waals surface area (Å²) in [6, 6.07) is 4.31. The van der Waals surface area contributed by atoms with Crippen LogP contribution in [0.3, 0.4) is 0 Å². The quantitative estimate of drug-likeness (QED) is 0.650. The van der Waals surface area contributed by atoms with Crippen molar-refractivity contribution in [3.05, 3.63) is 22.4 Å². The number of thiophene rings is 1. The molecule has 1 atom stereocenters. The summed E-state index contributed by atoms with van der Waals surface area (Å²) in [4.78, 5) is 5.69. The summed E-state index contributed by atoms with van der Waals surface area (Å²) in [6.07, 6.45) is 1.12. The van der Waals surface area contributed by atoms with Gasteiger partial charge >= 0.3 is 0 Å². The van der Waals surface area contributed by atoms with Crippen LogP contribution < -0.4 is 10.6 Å². The first-order valence-corrected chi connectivity index (χ1v) is 7.30. The first-order chi connectivity index (χ1) is 8.40. The average molecular weight is 267 g/mol. The topological polar surface area (TPSA) is 36.4 Å². The molecule has 1 aromatic heterocycles. The van der Waals surface area contributed by atoms with Crippen molar-refractivity contribution in [1.82, 2.24) is 10.6 Å². The second-order valence-corrected chi connectivity index (χ2v) is 6.75. The summed E-state index contributed by atoms with van der Waals surface area (Å²) in [5.74, 6) is 1.47. The molecule has 0 aliphatic carbocycles. The van der Waals surface area contributed by atoms with Gasteiger partial charge in [0, 0.05) is 24.0 Å². The molecule has 0 amide bonds. The Hall–Kier alpha value is -1.03. The lowest BCUT2D eigenvalue weighted by atomic mass is 10.1. The summed E-state index contributed by atoms with van der Waals surface area (Å²) < 4.78 is 0. The van der Waals surface area contributed by atoms with Crippen molar-refractivity contribution in [2.45, 2.75) is 39.7 Å². The minimum absolute atomic E-state index is 0.0405. The third-order valence-corrected chi connectivity index (χ3v) is 3.36. The molecule has 18 heavy (non-hydrogen) atoms. The third kappa shape index (κ3) is 6.05. The van der Waals surface area contributed by atoms with Crippen LogP contribution in [0.2, 0.25) is 0 Å². The molecular weight excluding hydrogens is 242 g/mol. The van der Waals surface area contributed by atoms with Gasteiger partial charge in [-0.05, 0) is 44.6 Å². The molecular formula is C14H25N3S. The molecule has 0 aliphatic heterocycles. The Bertz CT molecular complexity index is 363. The third-order valence-electron chi connectivity index (χ3n) is 2.46. The molecule has 1 rings (SSSR count). The van der Waals surface area contributed by atoms with Crippen LogP contribution in [0.15, 0.2) is 22.5 Å². The molecule has 0 spiro atoms. The zero-order valence-corrected chi connectivity index (χ0v) is 12.9. The molecule has 1 heterocycles. The SMILES string of the molecule is CN=C(NCC(C)Cc1cccs1)NC(C)(C)C. The van der Waals surface area contributed by atoms with Gasteiger partial charge in [0.15, 0.2) is 5.96 Å². The van der Waals surface area contributed by atoms with Crippen molar-refractivity contribution in [3.8, 4) is 0 Å². The molecule has 0 radical (unpaired) electrons. The molecule has 0 saturated heterocycles. The fourth-order valence-electron chi connectivity index (χ4n) is 1.65. The summed E-state index contributed by atoms with van der Waals surface area (Å²) in [5.41, 5.74) is 0.0405. The van der Waals surface area contributed by atoms with Gasteiger partial charge in [0.2, 0.25) is 0 Å². The number of hydrogen-bond donors (Lipinski definition) is 2. The number of guanidine groups is 1. The highest BCUT2D eigenvalue weighted by Gasteiger charge is 2.12. The maximum Gasteiger partial charge on any atom is 0.191 e. The molecule has 0 aromatic carbocycles. The average Bonchev–Trinajstić information content (AvgIpc) is 2.75. The zero-order valence-electron chi connectivity index (χ0n) is 12.1. The van der Waals surface area contributed by atoms with Crippen LogP contribution in [0, 0.1) is 5.92 Å². The number of nitrogens with one attached hydrogen (secondary N) is 2. The zero-order chi connectivity index (χ0) is 13.6. The predicted molar refractivity (Wildman–Crippen MR) is 81.4 cm³/mol. The van der Waals surface area contributed by atoms with E-state index >= 15 is 0 Å². The maximum absolute atomic E-state index is 4.24. The van der Waals surface area contributed by atoms with E-state index in [2.05, 4.69) is 60.8 Å². The van der Waals surface area contributed by atoms with Gasteiger partial charge in [-0.3, -0.25) is 4.99 Å². The number of aliphatic imine (C=N–C) groups is 1. The Balaban J connectivity index is 2.34. The van der Waals surface area contributed by atoms with Crippen molar-refractivity contribution in [3.63, 3.8) is 0 Å². The van der Waals surface area contributed by atoms with E-state index in [1.165, 1.54) is 4.88 Å². The van der Waals surface area contributed by atoms with E-state index < -0.39 is 0 Å². The molecule has 102 valence electrons. The number of hydrogen-bond acceptors (Lipinski definition) is 2. The van der Waals surface area contributed by atoms with E-state index in [0.29, 0.717) is 5.92 Å². The highest BCUT2D eigenvalue weighted by Crippen LogP contribution is 2.13. The van der Waals surface area contributed by atoms with E-state index in [4.69, 9.17) is 0 Å². The van der Waals surface area contributed by atoms with Gasteiger partial charge in [-0.2, -0.15) is 0 Å². The Morgan fingerprint density at radius 2 is 2.17 bits per heavy atom. The van der Waals surface area contributed by atoms with Crippen LogP contribution in [-0.2, 0) is 6.42 Å². The lowest BCUT2D eigenvalue weighted by Crippen LogP contribution is -2.48. The maximum atomic E-state index is 4.24. The minimum atomic E-state index is 0.0405. The van der Waals surface area contributed by atoms with E-state index in [9.17, 15) is 0 Å². The van der Waals surface area contributed by atoms with Gasteiger partial charge in [0.1, 0.15) is 0 Å². The van der Waals surface area contributed by atoms with Crippen molar-refractivity contribution in [2.24, 2.45) is 10.9 Å².